The molecule has 0 amide bonds. The molecule has 1 fully saturated rings. The number of epoxide rings is 1. The second kappa shape index (κ2) is 9.71. The fourth-order valence-electron chi connectivity index (χ4n) is 4.80. The first-order chi connectivity index (χ1) is 15.1. The van der Waals surface area contributed by atoms with Gasteiger partial charge < -0.3 is 28.8 Å². The molecule has 1 aliphatic carbocycles. The zero-order valence-corrected chi connectivity index (χ0v) is 20.1. The third-order valence-corrected chi connectivity index (χ3v) is 6.66. The predicted molar refractivity (Wildman–Crippen MR) is 121 cm³/mol. The molecule has 2 aliphatic rings. The molecular formula is C25H36O7. The maximum atomic E-state index is 13.2. The van der Waals surface area contributed by atoms with Crippen LogP contribution in [0.15, 0.2) is 23.8 Å². The van der Waals surface area contributed by atoms with Crippen molar-refractivity contribution in [3.8, 4) is 17.2 Å². The quantitative estimate of drug-likeness (QED) is 0.397. The summed E-state index contributed by atoms with van der Waals surface area (Å²) in [5, 5.41) is 11.2. The van der Waals surface area contributed by atoms with Crippen molar-refractivity contribution in [1.29, 1.82) is 0 Å². The van der Waals surface area contributed by atoms with Gasteiger partial charge in [0.05, 0.1) is 38.6 Å². The summed E-state index contributed by atoms with van der Waals surface area (Å²) in [4.78, 5) is 13.2. The molecule has 0 aromatic heterocycles. The van der Waals surface area contributed by atoms with Crippen LogP contribution in [-0.2, 0) is 9.47 Å². The topological polar surface area (TPSA) is 86.8 Å². The predicted octanol–water partition coefficient (Wildman–Crippen LogP) is 4.16. The Morgan fingerprint density at radius 1 is 1.16 bits per heavy atom. The third-order valence-electron chi connectivity index (χ3n) is 6.66. The monoisotopic (exact) mass is 448 g/mol. The van der Waals surface area contributed by atoms with Gasteiger partial charge in [-0.15, -0.1) is 0 Å². The number of fused-ring (bicyclic) bond motifs is 1. The van der Waals surface area contributed by atoms with E-state index in [4.69, 9.17) is 23.7 Å². The number of allylic oxidation sites excluding steroid dienone is 1. The molecule has 1 aliphatic heterocycles. The van der Waals surface area contributed by atoms with Gasteiger partial charge in [0.1, 0.15) is 12.2 Å². The standard InChI is InChI=1S/C25H36O7/c1-14(2)20-17(11-15(3)9-8-10-25(4)23(32-25)21(20)26)31-24(27)16-12-18(28-5)22(30-7)19(13-16)29-6/h9,12-14,17,20-21,23,26H,8,10-11H2,1-7H3/t17-,20+,21+,23+,25-/m0/s1. The molecule has 0 unspecified atom stereocenters. The lowest BCUT2D eigenvalue weighted by Gasteiger charge is -2.34. The van der Waals surface area contributed by atoms with Crippen molar-refractivity contribution in [2.24, 2.45) is 11.8 Å². The number of hydrogen-bond acceptors (Lipinski definition) is 7. The van der Waals surface area contributed by atoms with Crippen molar-refractivity contribution < 1.29 is 33.6 Å². The summed E-state index contributed by atoms with van der Waals surface area (Å²) in [6.07, 6.45) is 3.00. The third kappa shape index (κ3) is 4.89. The van der Waals surface area contributed by atoms with Crippen LogP contribution >= 0.6 is 0 Å². The van der Waals surface area contributed by atoms with Crippen LogP contribution in [0.4, 0.5) is 0 Å². The first-order valence-electron chi connectivity index (χ1n) is 11.2. The maximum Gasteiger partial charge on any atom is 0.338 e. The van der Waals surface area contributed by atoms with E-state index in [2.05, 4.69) is 6.08 Å². The normalized spacial score (nSPS) is 30.1. The Hall–Kier alpha value is -2.25. The largest absolute Gasteiger partial charge is 0.493 e. The average molecular weight is 449 g/mol. The van der Waals surface area contributed by atoms with Crippen LogP contribution in [-0.4, -0.2) is 56.3 Å². The molecule has 7 heteroatoms. The van der Waals surface area contributed by atoms with Crippen LogP contribution < -0.4 is 14.2 Å². The van der Waals surface area contributed by atoms with E-state index in [-0.39, 0.29) is 23.5 Å². The molecule has 7 nitrogen and oxygen atoms in total. The number of carbonyl (C=O) groups excluding carboxylic acids is 1. The Kier molecular flexibility index (Phi) is 7.40. The summed E-state index contributed by atoms with van der Waals surface area (Å²) in [6, 6.07) is 3.16. The minimum Gasteiger partial charge on any atom is -0.493 e. The highest BCUT2D eigenvalue weighted by molar-refractivity contribution is 5.91. The number of aliphatic hydroxyl groups is 1. The van der Waals surface area contributed by atoms with Crippen molar-refractivity contribution in [3.63, 3.8) is 0 Å². The van der Waals surface area contributed by atoms with Gasteiger partial charge >= 0.3 is 5.97 Å². The van der Waals surface area contributed by atoms with Crippen LogP contribution in [0.3, 0.4) is 0 Å². The van der Waals surface area contributed by atoms with E-state index in [0.29, 0.717) is 29.2 Å². The number of benzene rings is 1. The molecular weight excluding hydrogens is 412 g/mol. The van der Waals surface area contributed by atoms with Crippen molar-refractivity contribution in [2.45, 2.75) is 70.9 Å². The zero-order valence-electron chi connectivity index (χ0n) is 20.1. The lowest BCUT2D eigenvalue weighted by atomic mass is 9.78. The second-order valence-corrected chi connectivity index (χ2v) is 9.31. The molecule has 0 saturated carbocycles. The summed E-state index contributed by atoms with van der Waals surface area (Å²) >= 11 is 0. The minimum atomic E-state index is -0.719. The van der Waals surface area contributed by atoms with Crippen LogP contribution in [0.1, 0.15) is 57.3 Å². The van der Waals surface area contributed by atoms with E-state index >= 15 is 0 Å². The summed E-state index contributed by atoms with van der Waals surface area (Å²) in [6.45, 7) is 8.16. The molecule has 0 bridgehead atoms. The van der Waals surface area contributed by atoms with E-state index in [1.165, 1.54) is 21.3 Å². The highest BCUT2D eigenvalue weighted by Crippen LogP contribution is 2.47. The Morgan fingerprint density at radius 3 is 2.31 bits per heavy atom. The smallest absolute Gasteiger partial charge is 0.338 e. The minimum absolute atomic E-state index is 0.0865. The van der Waals surface area contributed by atoms with Gasteiger partial charge in [-0.3, -0.25) is 0 Å². The molecule has 1 aromatic rings. The van der Waals surface area contributed by atoms with Gasteiger partial charge in [-0.1, -0.05) is 25.5 Å². The Bertz CT molecular complexity index is 837. The van der Waals surface area contributed by atoms with Crippen LogP contribution in [0, 0.1) is 11.8 Å². The molecule has 5 atom stereocenters. The number of rotatable bonds is 6. The summed E-state index contributed by atoms with van der Waals surface area (Å²) < 4.78 is 28.1. The molecule has 0 spiro atoms. The van der Waals surface area contributed by atoms with E-state index in [1.807, 2.05) is 27.7 Å². The summed E-state index contributed by atoms with van der Waals surface area (Å²) in [5.74, 6) is 0.477. The Balaban J connectivity index is 1.93. The van der Waals surface area contributed by atoms with Gasteiger partial charge in [-0.05, 0) is 44.7 Å². The summed E-state index contributed by atoms with van der Waals surface area (Å²) in [5.41, 5.74) is 1.10. The average Bonchev–Trinajstić information content (AvgIpc) is 3.43. The van der Waals surface area contributed by atoms with Gasteiger partial charge in [0, 0.05) is 12.3 Å². The highest BCUT2D eigenvalue weighted by atomic mass is 16.6. The van der Waals surface area contributed by atoms with Crippen molar-refractivity contribution >= 4 is 5.97 Å². The Labute approximate surface area is 190 Å². The van der Waals surface area contributed by atoms with Gasteiger partial charge in [0.2, 0.25) is 5.75 Å². The number of methoxy groups -OCH3 is 3. The SMILES string of the molecule is COc1cc(C(=O)O[C@H]2CC(C)=CCC[C@]3(C)O[C@@H]3[C@H](O)[C@@H]2C(C)C)cc(OC)c1OC. The first kappa shape index (κ1) is 24.4. The molecule has 1 aromatic carbocycles. The van der Waals surface area contributed by atoms with E-state index in [0.717, 1.165) is 18.4 Å². The molecule has 3 rings (SSSR count). The molecule has 1 saturated heterocycles. The fourth-order valence-corrected chi connectivity index (χ4v) is 4.80. The number of aliphatic hydroxyl groups excluding tert-OH is 1. The van der Waals surface area contributed by atoms with Gasteiger partial charge in [0.15, 0.2) is 11.5 Å². The number of carbonyl (C=O) groups is 1. The van der Waals surface area contributed by atoms with Crippen molar-refractivity contribution in [1.82, 2.24) is 0 Å². The molecule has 0 radical (unpaired) electrons. The van der Waals surface area contributed by atoms with Gasteiger partial charge in [-0.25, -0.2) is 4.79 Å². The van der Waals surface area contributed by atoms with Crippen LogP contribution in [0.2, 0.25) is 0 Å². The maximum absolute atomic E-state index is 13.2. The number of hydrogen-bond donors (Lipinski definition) is 1. The van der Waals surface area contributed by atoms with E-state index < -0.39 is 18.2 Å². The molecule has 32 heavy (non-hydrogen) atoms. The number of esters is 1. The van der Waals surface area contributed by atoms with Crippen molar-refractivity contribution in [2.75, 3.05) is 21.3 Å². The van der Waals surface area contributed by atoms with E-state index in [9.17, 15) is 9.90 Å². The zero-order chi connectivity index (χ0) is 23.6. The molecule has 178 valence electrons. The van der Waals surface area contributed by atoms with Crippen LogP contribution in [0.5, 0.6) is 17.2 Å². The van der Waals surface area contributed by atoms with Gasteiger partial charge in [-0.2, -0.15) is 0 Å². The fraction of sp³-hybridized carbons (Fsp3) is 0.640. The van der Waals surface area contributed by atoms with Gasteiger partial charge in [0.25, 0.3) is 0 Å². The Morgan fingerprint density at radius 2 is 1.78 bits per heavy atom. The number of ether oxygens (including phenoxy) is 5. The lowest BCUT2D eigenvalue weighted by Crippen LogP contribution is -2.43. The van der Waals surface area contributed by atoms with Crippen molar-refractivity contribution in [3.05, 3.63) is 29.3 Å². The molecule has 1 N–H and O–H groups in total. The van der Waals surface area contributed by atoms with Crippen LogP contribution in [0.25, 0.3) is 0 Å². The summed E-state index contributed by atoms with van der Waals surface area (Å²) in [7, 11) is 4.51. The molecule has 1 heterocycles. The van der Waals surface area contributed by atoms with E-state index in [1.54, 1.807) is 12.1 Å². The lowest BCUT2D eigenvalue weighted by molar-refractivity contribution is -0.0419. The highest BCUT2D eigenvalue weighted by Gasteiger charge is 2.58. The second-order valence-electron chi connectivity index (χ2n) is 9.31. The first-order valence-corrected chi connectivity index (χ1v) is 11.2.